The molecule has 1 atom stereocenters. The molecule has 2 aromatic rings. The number of carbonyl (C=O) groups is 1. The summed E-state index contributed by atoms with van der Waals surface area (Å²) >= 11 is 0. The summed E-state index contributed by atoms with van der Waals surface area (Å²) in [5.41, 5.74) is 10.9. The van der Waals surface area contributed by atoms with Crippen molar-refractivity contribution < 1.29 is 21.6 Å². The first kappa shape index (κ1) is 19.1. The van der Waals surface area contributed by atoms with E-state index >= 15 is 0 Å². The highest BCUT2D eigenvalue weighted by Gasteiger charge is 2.29. The van der Waals surface area contributed by atoms with Crippen LogP contribution in [0.4, 0.5) is 0 Å². The van der Waals surface area contributed by atoms with Crippen LogP contribution in [0.1, 0.15) is 12.0 Å². The Bertz CT molecular complexity index is 1000. The maximum absolute atomic E-state index is 12.7. The summed E-state index contributed by atoms with van der Waals surface area (Å²) in [5.74, 6) is -0.859. The molecule has 0 fully saturated rings. The van der Waals surface area contributed by atoms with Crippen molar-refractivity contribution in [3.05, 3.63) is 54.1 Å². The van der Waals surface area contributed by atoms with E-state index in [4.69, 9.17) is 11.5 Å². The van der Waals surface area contributed by atoms with Gasteiger partial charge in [0.25, 0.3) is 0 Å². The van der Waals surface area contributed by atoms with E-state index in [1.165, 1.54) is 31.2 Å². The minimum absolute atomic E-state index is 0.0450. The fourth-order valence-corrected chi connectivity index (χ4v) is 5.16. The largest absolute Gasteiger partial charge is 0.370 e. The number of primary amides is 1. The minimum atomic E-state index is -4.12. The molecule has 25 heavy (non-hydrogen) atoms. The van der Waals surface area contributed by atoms with Crippen LogP contribution in [-0.2, 0) is 24.5 Å². The third kappa shape index (κ3) is 3.89. The predicted molar refractivity (Wildman–Crippen MR) is 92.0 cm³/mol. The molecule has 0 bridgehead atoms. The number of benzene rings is 2. The van der Waals surface area contributed by atoms with E-state index in [-0.39, 0.29) is 14.7 Å². The predicted octanol–water partition coefficient (Wildman–Crippen LogP) is 0.762. The lowest BCUT2D eigenvalue weighted by molar-refractivity contribution is -0.118. The number of rotatable bonds is 6. The Labute approximate surface area is 146 Å². The SMILES string of the molecule is Cc1ccc(S(=O)(=O)c2ccccc2)cc1S(=O)(=O)C(N)CC(N)=O. The van der Waals surface area contributed by atoms with E-state index in [9.17, 15) is 21.6 Å². The lowest BCUT2D eigenvalue weighted by Crippen LogP contribution is -2.35. The zero-order valence-electron chi connectivity index (χ0n) is 13.4. The summed E-state index contributed by atoms with van der Waals surface area (Å²) in [4.78, 5) is 10.6. The van der Waals surface area contributed by atoms with Crippen molar-refractivity contribution in [3.8, 4) is 0 Å². The number of hydrogen-bond donors (Lipinski definition) is 2. The topological polar surface area (TPSA) is 137 Å². The Balaban J connectivity index is 2.57. The van der Waals surface area contributed by atoms with Crippen molar-refractivity contribution in [2.24, 2.45) is 11.5 Å². The molecule has 2 aromatic carbocycles. The zero-order valence-corrected chi connectivity index (χ0v) is 15.0. The maximum atomic E-state index is 12.7. The average molecular weight is 382 g/mol. The average Bonchev–Trinajstić information content (AvgIpc) is 2.55. The Morgan fingerprint density at radius 3 is 2.16 bits per heavy atom. The van der Waals surface area contributed by atoms with Gasteiger partial charge in [0.2, 0.25) is 15.7 Å². The first-order valence-electron chi connectivity index (χ1n) is 7.25. The molecular formula is C16H18N2O5S2. The molecule has 4 N–H and O–H groups in total. The maximum Gasteiger partial charge on any atom is 0.220 e. The molecule has 1 unspecified atom stereocenters. The molecule has 0 heterocycles. The molecule has 1 amide bonds. The van der Waals surface area contributed by atoms with Gasteiger partial charge in [0.15, 0.2) is 9.84 Å². The van der Waals surface area contributed by atoms with Gasteiger partial charge in [0.05, 0.1) is 21.1 Å². The van der Waals surface area contributed by atoms with Crippen LogP contribution in [0.5, 0.6) is 0 Å². The van der Waals surface area contributed by atoms with Crippen molar-refractivity contribution >= 4 is 25.6 Å². The minimum Gasteiger partial charge on any atom is -0.370 e. The summed E-state index contributed by atoms with van der Waals surface area (Å²) in [6.07, 6.45) is -0.558. The Morgan fingerprint density at radius 1 is 1.00 bits per heavy atom. The highest BCUT2D eigenvalue weighted by molar-refractivity contribution is 7.92. The first-order chi connectivity index (χ1) is 11.6. The smallest absolute Gasteiger partial charge is 0.220 e. The summed E-state index contributed by atoms with van der Waals surface area (Å²) < 4.78 is 50.5. The molecule has 134 valence electrons. The van der Waals surface area contributed by atoms with Crippen molar-refractivity contribution in [3.63, 3.8) is 0 Å². The monoisotopic (exact) mass is 382 g/mol. The van der Waals surface area contributed by atoms with E-state index < -0.39 is 37.4 Å². The van der Waals surface area contributed by atoms with E-state index in [0.29, 0.717) is 5.56 Å². The van der Waals surface area contributed by atoms with Gasteiger partial charge in [-0.25, -0.2) is 16.8 Å². The molecule has 0 spiro atoms. The number of hydrogen-bond acceptors (Lipinski definition) is 6. The second-order valence-corrected chi connectivity index (χ2v) is 9.58. The second kappa shape index (κ2) is 6.95. The third-order valence-corrected chi connectivity index (χ3v) is 7.41. The van der Waals surface area contributed by atoms with Gasteiger partial charge in [-0.05, 0) is 36.8 Å². The molecule has 2 rings (SSSR count). The molecule has 0 aliphatic rings. The third-order valence-electron chi connectivity index (χ3n) is 3.63. The van der Waals surface area contributed by atoms with Crippen LogP contribution in [0.25, 0.3) is 0 Å². The molecule has 9 heteroatoms. The molecule has 0 aliphatic heterocycles. The van der Waals surface area contributed by atoms with Gasteiger partial charge in [-0.15, -0.1) is 0 Å². The van der Waals surface area contributed by atoms with Crippen LogP contribution in [-0.4, -0.2) is 28.1 Å². The molecule has 0 saturated heterocycles. The van der Waals surface area contributed by atoms with Crippen LogP contribution >= 0.6 is 0 Å². The standard InChI is InChI=1S/C16H18N2O5S2/c1-11-7-8-13(24(20,21)12-5-3-2-4-6-12)9-14(11)25(22,23)16(18)10-15(17)19/h2-9,16H,10,18H2,1H3,(H2,17,19). The Kier molecular flexibility index (Phi) is 5.31. The van der Waals surface area contributed by atoms with Gasteiger partial charge in [0, 0.05) is 0 Å². The van der Waals surface area contributed by atoms with Gasteiger partial charge < -0.3 is 11.5 Å². The van der Waals surface area contributed by atoms with Crippen LogP contribution in [0.2, 0.25) is 0 Å². The molecule has 0 aliphatic carbocycles. The fourth-order valence-electron chi connectivity index (χ4n) is 2.26. The molecule has 0 radical (unpaired) electrons. The van der Waals surface area contributed by atoms with Gasteiger partial charge in [-0.1, -0.05) is 24.3 Å². The van der Waals surface area contributed by atoms with E-state index in [1.54, 1.807) is 18.2 Å². The molecular weight excluding hydrogens is 364 g/mol. The van der Waals surface area contributed by atoms with Crippen molar-refractivity contribution in [2.45, 2.75) is 33.4 Å². The summed E-state index contributed by atoms with van der Waals surface area (Å²) in [7, 11) is -8.00. The number of amides is 1. The highest BCUT2D eigenvalue weighted by Crippen LogP contribution is 2.27. The first-order valence-corrected chi connectivity index (χ1v) is 10.3. The normalized spacial score (nSPS) is 13.4. The van der Waals surface area contributed by atoms with Crippen molar-refractivity contribution in [2.75, 3.05) is 0 Å². The lowest BCUT2D eigenvalue weighted by atomic mass is 10.2. The van der Waals surface area contributed by atoms with Gasteiger partial charge in [0.1, 0.15) is 5.37 Å². The van der Waals surface area contributed by atoms with Crippen molar-refractivity contribution in [1.82, 2.24) is 0 Å². The number of nitrogens with two attached hydrogens (primary N) is 2. The zero-order chi connectivity index (χ0) is 18.8. The van der Waals surface area contributed by atoms with Gasteiger partial charge in [-0.2, -0.15) is 0 Å². The number of carbonyl (C=O) groups excluding carboxylic acids is 1. The molecule has 0 aromatic heterocycles. The summed E-state index contributed by atoms with van der Waals surface area (Å²) in [5, 5.41) is -1.54. The van der Waals surface area contributed by atoms with Crippen LogP contribution in [0, 0.1) is 6.92 Å². The van der Waals surface area contributed by atoms with Crippen molar-refractivity contribution in [1.29, 1.82) is 0 Å². The molecule has 7 nitrogen and oxygen atoms in total. The summed E-state index contributed by atoms with van der Waals surface area (Å²) in [6, 6.07) is 11.4. The Hall–Kier alpha value is -2.23. The second-order valence-electron chi connectivity index (χ2n) is 5.50. The highest BCUT2D eigenvalue weighted by atomic mass is 32.2. The quantitative estimate of drug-likeness (QED) is 0.756. The van der Waals surface area contributed by atoms with Gasteiger partial charge >= 0.3 is 0 Å². The van der Waals surface area contributed by atoms with Crippen LogP contribution in [0.3, 0.4) is 0 Å². The lowest BCUT2D eigenvalue weighted by Gasteiger charge is -2.15. The number of aryl methyl sites for hydroxylation is 1. The fraction of sp³-hybridized carbons (Fsp3) is 0.188. The van der Waals surface area contributed by atoms with Gasteiger partial charge in [-0.3, -0.25) is 4.79 Å². The van der Waals surface area contributed by atoms with Crippen LogP contribution in [0.15, 0.2) is 63.2 Å². The van der Waals surface area contributed by atoms with E-state index in [2.05, 4.69) is 0 Å². The van der Waals surface area contributed by atoms with E-state index in [1.807, 2.05) is 0 Å². The Morgan fingerprint density at radius 2 is 1.60 bits per heavy atom. The molecule has 0 saturated carbocycles. The van der Waals surface area contributed by atoms with Crippen LogP contribution < -0.4 is 11.5 Å². The number of sulfone groups is 2. The van der Waals surface area contributed by atoms with E-state index in [0.717, 1.165) is 6.07 Å². The summed E-state index contributed by atoms with van der Waals surface area (Å²) in [6.45, 7) is 1.52.